The van der Waals surface area contributed by atoms with E-state index in [-0.39, 0.29) is 0 Å². The molecule has 1 unspecified atom stereocenters. The van der Waals surface area contributed by atoms with Crippen LogP contribution in [-0.4, -0.2) is 36.5 Å². The van der Waals surface area contributed by atoms with Crippen LogP contribution in [0.1, 0.15) is 10.4 Å². The first-order chi connectivity index (χ1) is 9.43. The zero-order valence-corrected chi connectivity index (χ0v) is 10.6. The summed E-state index contributed by atoms with van der Waals surface area (Å²) in [6, 6.07) is 5.56. The molecule has 1 aromatic rings. The zero-order chi connectivity index (χ0) is 16.5. The van der Waals surface area contributed by atoms with E-state index in [9.17, 15) is 39.7 Å². The number of benzene rings is 1. The number of halogens is 5. The molecule has 1 rings (SSSR count). The summed E-state index contributed by atoms with van der Waals surface area (Å²) in [6.45, 7) is 0. The standard InChI is InChI=1S/C10H7F5O5S/c11-8(12)9(13,10(14,15)21(17,18)19)20-7(16)6-4-2-1-3-5-6/h1-5,8H,(H,17,18,19)/p-1. The molecule has 0 saturated heterocycles. The van der Waals surface area contributed by atoms with Gasteiger partial charge < -0.3 is 9.29 Å². The van der Waals surface area contributed by atoms with Gasteiger partial charge in [-0.15, -0.1) is 0 Å². The smallest absolute Gasteiger partial charge is 0.408 e. The summed E-state index contributed by atoms with van der Waals surface area (Å²) < 4.78 is 98.7. The van der Waals surface area contributed by atoms with Crippen LogP contribution < -0.4 is 0 Å². The molecule has 0 amide bonds. The van der Waals surface area contributed by atoms with Gasteiger partial charge in [0, 0.05) is 0 Å². The highest BCUT2D eigenvalue weighted by Gasteiger charge is 2.69. The topological polar surface area (TPSA) is 83.5 Å². The fraction of sp³-hybridized carbons (Fsp3) is 0.300. The largest absolute Gasteiger partial charge is 0.743 e. The van der Waals surface area contributed by atoms with Crippen LogP contribution in [0.2, 0.25) is 0 Å². The fourth-order valence-corrected chi connectivity index (χ4v) is 1.64. The van der Waals surface area contributed by atoms with Crippen molar-refractivity contribution in [2.75, 3.05) is 0 Å². The number of ether oxygens (including phenoxy) is 1. The number of hydrogen-bond donors (Lipinski definition) is 0. The van der Waals surface area contributed by atoms with Gasteiger partial charge in [-0.3, -0.25) is 0 Å². The second kappa shape index (κ2) is 5.56. The highest BCUT2D eigenvalue weighted by Crippen LogP contribution is 2.42. The number of carbonyl (C=O) groups is 1. The maximum Gasteiger partial charge on any atom is 0.408 e. The third-order valence-corrected chi connectivity index (χ3v) is 3.15. The van der Waals surface area contributed by atoms with Gasteiger partial charge >= 0.3 is 23.5 Å². The molecular weight excluding hydrogens is 327 g/mol. The van der Waals surface area contributed by atoms with Gasteiger partial charge in [0.2, 0.25) is 0 Å². The van der Waals surface area contributed by atoms with E-state index in [2.05, 4.69) is 4.74 Å². The van der Waals surface area contributed by atoms with Gasteiger partial charge in [-0.1, -0.05) is 18.2 Å². The molecule has 0 aromatic heterocycles. The van der Waals surface area contributed by atoms with E-state index < -0.39 is 39.2 Å². The van der Waals surface area contributed by atoms with Crippen molar-refractivity contribution < 1.29 is 44.5 Å². The lowest BCUT2D eigenvalue weighted by Crippen LogP contribution is -2.57. The Balaban J connectivity index is 3.23. The van der Waals surface area contributed by atoms with Crippen LogP contribution >= 0.6 is 0 Å². The minimum absolute atomic E-state index is 0.598. The predicted octanol–water partition coefficient (Wildman–Crippen LogP) is 1.91. The zero-order valence-electron chi connectivity index (χ0n) is 9.80. The third kappa shape index (κ3) is 3.13. The van der Waals surface area contributed by atoms with Crippen molar-refractivity contribution in [3.05, 3.63) is 35.9 Å². The monoisotopic (exact) mass is 333 g/mol. The summed E-state index contributed by atoms with van der Waals surface area (Å²) in [5, 5.41) is -6.17. The van der Waals surface area contributed by atoms with Crippen molar-refractivity contribution in [2.24, 2.45) is 0 Å². The molecule has 11 heteroatoms. The molecule has 0 aliphatic heterocycles. The fourth-order valence-electron chi connectivity index (χ4n) is 1.17. The maximum absolute atomic E-state index is 13.6. The molecule has 0 aliphatic carbocycles. The van der Waals surface area contributed by atoms with Crippen molar-refractivity contribution in [1.82, 2.24) is 0 Å². The number of alkyl halides is 5. The third-order valence-electron chi connectivity index (χ3n) is 2.24. The molecule has 0 heterocycles. The van der Waals surface area contributed by atoms with Crippen LogP contribution in [0.25, 0.3) is 0 Å². The van der Waals surface area contributed by atoms with Crippen LogP contribution in [0.15, 0.2) is 30.3 Å². The van der Waals surface area contributed by atoms with Crippen LogP contribution in [0, 0.1) is 0 Å². The Bertz CT molecular complexity index is 618. The number of rotatable bonds is 5. The van der Waals surface area contributed by atoms with Crippen molar-refractivity contribution in [2.45, 2.75) is 17.5 Å². The Kier molecular flexibility index (Phi) is 4.58. The first-order valence-corrected chi connectivity index (χ1v) is 6.43. The molecule has 0 N–H and O–H groups in total. The molecule has 0 aliphatic rings. The molecule has 0 fully saturated rings. The second-order valence-corrected chi connectivity index (χ2v) is 5.09. The average molecular weight is 333 g/mol. The van der Waals surface area contributed by atoms with Crippen LogP contribution in [0.5, 0.6) is 0 Å². The van der Waals surface area contributed by atoms with E-state index in [0.29, 0.717) is 0 Å². The second-order valence-electron chi connectivity index (χ2n) is 3.67. The molecule has 0 saturated carbocycles. The summed E-state index contributed by atoms with van der Waals surface area (Å²) in [7, 11) is -6.85. The summed E-state index contributed by atoms with van der Waals surface area (Å²) in [6.07, 6.45) is -4.77. The van der Waals surface area contributed by atoms with E-state index in [0.717, 1.165) is 12.1 Å². The normalized spacial score (nSPS) is 15.6. The van der Waals surface area contributed by atoms with Gasteiger partial charge in [0.25, 0.3) is 0 Å². The average Bonchev–Trinajstić information content (AvgIpc) is 2.37. The van der Waals surface area contributed by atoms with Crippen molar-refractivity contribution >= 4 is 16.1 Å². The van der Waals surface area contributed by atoms with Gasteiger partial charge in [-0.05, 0) is 12.1 Å². The summed E-state index contributed by atoms with van der Waals surface area (Å²) in [4.78, 5) is 11.3. The molecule has 1 atom stereocenters. The molecular formula is C10H6F5O5S-. The molecule has 0 bridgehead atoms. The van der Waals surface area contributed by atoms with Crippen molar-refractivity contribution in [3.8, 4) is 0 Å². The number of carbonyl (C=O) groups excluding carboxylic acids is 1. The molecule has 118 valence electrons. The summed E-state index contributed by atoms with van der Waals surface area (Å²) in [5.41, 5.74) is -0.598. The van der Waals surface area contributed by atoms with Crippen LogP contribution in [0.3, 0.4) is 0 Å². The van der Waals surface area contributed by atoms with Gasteiger partial charge in [-0.25, -0.2) is 22.0 Å². The van der Waals surface area contributed by atoms with Gasteiger partial charge in [0.1, 0.15) is 0 Å². The van der Waals surface area contributed by atoms with E-state index in [4.69, 9.17) is 0 Å². The van der Waals surface area contributed by atoms with Crippen LogP contribution in [0.4, 0.5) is 22.0 Å². The van der Waals surface area contributed by atoms with Gasteiger partial charge in [0.05, 0.1) is 5.56 Å². The highest BCUT2D eigenvalue weighted by atomic mass is 32.2. The number of esters is 1. The first kappa shape index (κ1) is 17.3. The Morgan fingerprint density at radius 3 is 2.00 bits per heavy atom. The Morgan fingerprint density at radius 1 is 1.14 bits per heavy atom. The van der Waals surface area contributed by atoms with E-state index in [1.807, 2.05) is 0 Å². The lowest BCUT2D eigenvalue weighted by atomic mass is 10.2. The minimum atomic E-state index is -6.85. The first-order valence-electron chi connectivity index (χ1n) is 5.02. The van der Waals surface area contributed by atoms with Crippen molar-refractivity contribution in [3.63, 3.8) is 0 Å². The molecule has 1 aromatic carbocycles. The van der Waals surface area contributed by atoms with Crippen LogP contribution in [-0.2, 0) is 14.9 Å². The molecule has 0 spiro atoms. The maximum atomic E-state index is 13.6. The number of hydrogen-bond acceptors (Lipinski definition) is 5. The summed E-state index contributed by atoms with van der Waals surface area (Å²) >= 11 is 0. The Morgan fingerprint density at radius 2 is 1.62 bits per heavy atom. The predicted molar refractivity (Wildman–Crippen MR) is 56.3 cm³/mol. The molecule has 21 heavy (non-hydrogen) atoms. The highest BCUT2D eigenvalue weighted by molar-refractivity contribution is 7.86. The summed E-state index contributed by atoms with van der Waals surface area (Å²) in [5.74, 6) is -7.60. The Hall–Kier alpha value is -1.75. The SMILES string of the molecule is O=C(OC(F)(C(F)F)C(F)(F)S(=O)(=O)[O-])c1ccccc1. The lowest BCUT2D eigenvalue weighted by molar-refractivity contribution is -0.270. The Labute approximate surface area is 115 Å². The van der Waals surface area contributed by atoms with Gasteiger partial charge in [-0.2, -0.15) is 13.2 Å². The minimum Gasteiger partial charge on any atom is -0.743 e. The van der Waals surface area contributed by atoms with Crippen molar-refractivity contribution in [1.29, 1.82) is 0 Å². The van der Waals surface area contributed by atoms with E-state index >= 15 is 0 Å². The lowest BCUT2D eigenvalue weighted by Gasteiger charge is -2.32. The van der Waals surface area contributed by atoms with E-state index in [1.165, 1.54) is 18.2 Å². The van der Waals surface area contributed by atoms with Gasteiger partial charge in [0.15, 0.2) is 10.1 Å². The quantitative estimate of drug-likeness (QED) is 0.467. The molecule has 5 nitrogen and oxygen atoms in total. The van der Waals surface area contributed by atoms with E-state index in [1.54, 1.807) is 0 Å². The molecule has 0 radical (unpaired) electrons.